The van der Waals surface area contributed by atoms with Crippen LogP contribution >= 0.6 is 0 Å². The Kier molecular flexibility index (Phi) is 6.71. The summed E-state index contributed by atoms with van der Waals surface area (Å²) in [6.07, 6.45) is -3.98. The van der Waals surface area contributed by atoms with Gasteiger partial charge >= 0.3 is 6.18 Å². The number of carbonyl (C=O) groups is 1. The Bertz CT molecular complexity index is 1090. The highest BCUT2D eigenvalue weighted by Gasteiger charge is 2.41. The van der Waals surface area contributed by atoms with Crippen molar-refractivity contribution in [3.63, 3.8) is 0 Å². The molecule has 32 heavy (non-hydrogen) atoms. The lowest BCUT2D eigenvalue weighted by Crippen LogP contribution is -2.32. The molecule has 0 saturated carbocycles. The molecule has 2 aromatic carbocycles. The predicted octanol–water partition coefficient (Wildman–Crippen LogP) is 4.71. The van der Waals surface area contributed by atoms with Crippen molar-refractivity contribution in [2.75, 3.05) is 20.8 Å². The van der Waals surface area contributed by atoms with Gasteiger partial charge in [0.1, 0.15) is 5.82 Å². The van der Waals surface area contributed by atoms with Gasteiger partial charge in [0.2, 0.25) is 0 Å². The van der Waals surface area contributed by atoms with Crippen molar-refractivity contribution in [2.45, 2.75) is 19.6 Å². The number of hydrogen-bond acceptors (Lipinski definition) is 4. The van der Waals surface area contributed by atoms with Crippen LogP contribution < -0.4 is 9.47 Å². The minimum Gasteiger partial charge on any atom is -0.493 e. The van der Waals surface area contributed by atoms with Gasteiger partial charge in [-0.2, -0.15) is 18.3 Å². The van der Waals surface area contributed by atoms with E-state index < -0.39 is 29.2 Å². The Labute approximate surface area is 182 Å². The Balaban J connectivity index is 1.97. The van der Waals surface area contributed by atoms with Crippen LogP contribution in [0.3, 0.4) is 0 Å². The van der Waals surface area contributed by atoms with Crippen molar-refractivity contribution < 1.29 is 31.8 Å². The van der Waals surface area contributed by atoms with Crippen LogP contribution in [-0.4, -0.2) is 41.4 Å². The van der Waals surface area contributed by atoms with Crippen LogP contribution in [-0.2, 0) is 12.7 Å². The summed E-state index contributed by atoms with van der Waals surface area (Å²) >= 11 is 0. The van der Waals surface area contributed by atoms with Crippen LogP contribution in [0.5, 0.6) is 11.5 Å². The third kappa shape index (κ3) is 4.68. The number of nitrogens with zero attached hydrogens (tertiary/aromatic N) is 3. The summed E-state index contributed by atoms with van der Waals surface area (Å²) in [5.41, 5.74) is -1.18. The molecule has 0 spiro atoms. The van der Waals surface area contributed by atoms with E-state index in [0.717, 1.165) is 30.5 Å². The van der Waals surface area contributed by atoms with Crippen molar-refractivity contribution in [3.05, 3.63) is 71.3 Å². The first-order valence-corrected chi connectivity index (χ1v) is 9.61. The number of carbonyl (C=O) groups excluding carboxylic acids is 1. The number of hydrogen-bond donors (Lipinski definition) is 0. The molecule has 3 rings (SSSR count). The van der Waals surface area contributed by atoms with E-state index in [2.05, 4.69) is 5.10 Å². The highest BCUT2D eigenvalue weighted by Crippen LogP contribution is 2.35. The van der Waals surface area contributed by atoms with Crippen molar-refractivity contribution in [1.29, 1.82) is 0 Å². The molecular formula is C22H21F4N3O3. The molecule has 0 aliphatic carbocycles. The zero-order valence-electron chi connectivity index (χ0n) is 17.6. The van der Waals surface area contributed by atoms with E-state index in [1.54, 1.807) is 25.1 Å². The summed E-state index contributed by atoms with van der Waals surface area (Å²) in [5.74, 6) is -0.500. The second-order valence-electron chi connectivity index (χ2n) is 6.80. The molecule has 6 nitrogen and oxygen atoms in total. The van der Waals surface area contributed by atoms with Crippen molar-refractivity contribution in [1.82, 2.24) is 14.7 Å². The number of aromatic nitrogens is 2. The number of rotatable bonds is 7. The molecule has 0 radical (unpaired) electrons. The molecule has 170 valence electrons. The summed E-state index contributed by atoms with van der Waals surface area (Å²) < 4.78 is 65.9. The SMILES string of the molecule is CCN(Cc1ccc(OC)c(OC)c1)C(=O)c1cnn(-c2ccc(F)cc2)c1C(F)(F)F. The first-order valence-electron chi connectivity index (χ1n) is 9.61. The maximum Gasteiger partial charge on any atom is 0.434 e. The van der Waals surface area contributed by atoms with Gasteiger partial charge in [0.15, 0.2) is 17.2 Å². The van der Waals surface area contributed by atoms with E-state index in [-0.39, 0.29) is 18.8 Å². The number of amides is 1. The van der Waals surface area contributed by atoms with E-state index in [1.165, 1.54) is 19.1 Å². The summed E-state index contributed by atoms with van der Waals surface area (Å²) in [7, 11) is 2.95. The summed E-state index contributed by atoms with van der Waals surface area (Å²) in [5, 5.41) is 3.77. The Morgan fingerprint density at radius 3 is 2.28 bits per heavy atom. The van der Waals surface area contributed by atoms with Crippen LogP contribution in [0.25, 0.3) is 5.69 Å². The third-order valence-corrected chi connectivity index (χ3v) is 4.83. The Morgan fingerprint density at radius 2 is 1.72 bits per heavy atom. The molecule has 0 fully saturated rings. The van der Waals surface area contributed by atoms with Crippen molar-refractivity contribution >= 4 is 5.91 Å². The fraction of sp³-hybridized carbons (Fsp3) is 0.273. The molecule has 1 amide bonds. The van der Waals surface area contributed by atoms with Gasteiger partial charge in [-0.05, 0) is 48.9 Å². The predicted molar refractivity (Wildman–Crippen MR) is 108 cm³/mol. The summed E-state index contributed by atoms with van der Waals surface area (Å²) in [6.45, 7) is 1.87. The quantitative estimate of drug-likeness (QED) is 0.489. The molecule has 0 bridgehead atoms. The van der Waals surface area contributed by atoms with Gasteiger partial charge in [0.05, 0.1) is 31.7 Å². The molecule has 1 heterocycles. The molecule has 0 saturated heterocycles. The Morgan fingerprint density at radius 1 is 1.06 bits per heavy atom. The fourth-order valence-corrected chi connectivity index (χ4v) is 3.25. The zero-order valence-corrected chi connectivity index (χ0v) is 17.6. The van der Waals surface area contributed by atoms with Crippen LogP contribution in [0.15, 0.2) is 48.7 Å². The average molecular weight is 451 g/mol. The van der Waals surface area contributed by atoms with Gasteiger partial charge in [-0.15, -0.1) is 0 Å². The molecule has 0 atom stereocenters. The highest BCUT2D eigenvalue weighted by atomic mass is 19.4. The molecule has 10 heteroatoms. The fourth-order valence-electron chi connectivity index (χ4n) is 3.25. The molecule has 0 unspecified atom stereocenters. The van der Waals surface area contributed by atoms with Crippen molar-refractivity contribution in [3.8, 4) is 17.2 Å². The van der Waals surface area contributed by atoms with E-state index in [9.17, 15) is 22.4 Å². The smallest absolute Gasteiger partial charge is 0.434 e. The number of halogens is 4. The van der Waals surface area contributed by atoms with E-state index in [1.807, 2.05) is 0 Å². The van der Waals surface area contributed by atoms with Crippen molar-refractivity contribution in [2.24, 2.45) is 0 Å². The standard InChI is InChI=1S/C22H21F4N3O3/c1-4-28(13-14-5-10-18(31-2)19(11-14)32-3)21(30)17-12-27-29(20(17)22(24,25)26)16-8-6-15(23)7-9-16/h5-12H,4,13H2,1-3H3. The molecule has 0 aliphatic heterocycles. The van der Waals surface area contributed by atoms with Gasteiger partial charge in [-0.1, -0.05) is 6.07 Å². The number of methoxy groups -OCH3 is 2. The Hall–Kier alpha value is -3.56. The first kappa shape index (κ1) is 23.1. The van der Waals surface area contributed by atoms with Crippen LogP contribution in [0.1, 0.15) is 28.5 Å². The minimum absolute atomic E-state index is 0.0132. The molecule has 1 aromatic heterocycles. The third-order valence-electron chi connectivity index (χ3n) is 4.83. The van der Waals surface area contributed by atoms with Gasteiger partial charge in [0, 0.05) is 13.1 Å². The molecular weight excluding hydrogens is 430 g/mol. The molecule has 0 N–H and O–H groups in total. The maximum atomic E-state index is 13.9. The van der Waals surface area contributed by atoms with Gasteiger partial charge in [0.25, 0.3) is 5.91 Å². The topological polar surface area (TPSA) is 56.6 Å². The second kappa shape index (κ2) is 9.29. The molecule has 3 aromatic rings. The van der Waals surface area contributed by atoms with E-state index >= 15 is 0 Å². The summed E-state index contributed by atoms with van der Waals surface area (Å²) in [6, 6.07) is 9.37. The van der Waals surface area contributed by atoms with E-state index in [4.69, 9.17) is 9.47 Å². The lowest BCUT2D eigenvalue weighted by Gasteiger charge is -2.22. The number of ether oxygens (including phenoxy) is 2. The zero-order chi connectivity index (χ0) is 23.5. The lowest BCUT2D eigenvalue weighted by atomic mass is 10.1. The molecule has 0 aliphatic rings. The maximum absolute atomic E-state index is 13.9. The number of alkyl halides is 3. The van der Waals surface area contributed by atoms with Gasteiger partial charge < -0.3 is 14.4 Å². The normalized spacial score (nSPS) is 11.3. The monoisotopic (exact) mass is 451 g/mol. The minimum atomic E-state index is -4.86. The lowest BCUT2D eigenvalue weighted by molar-refractivity contribution is -0.143. The first-order chi connectivity index (χ1) is 15.2. The highest BCUT2D eigenvalue weighted by molar-refractivity contribution is 5.95. The second-order valence-corrected chi connectivity index (χ2v) is 6.80. The van der Waals surface area contributed by atoms with Gasteiger partial charge in [-0.3, -0.25) is 4.79 Å². The number of benzene rings is 2. The van der Waals surface area contributed by atoms with Gasteiger partial charge in [-0.25, -0.2) is 9.07 Å². The largest absolute Gasteiger partial charge is 0.493 e. The average Bonchev–Trinajstić information content (AvgIpc) is 3.23. The summed E-state index contributed by atoms with van der Waals surface area (Å²) in [4.78, 5) is 14.3. The van der Waals surface area contributed by atoms with Crippen LogP contribution in [0, 0.1) is 5.82 Å². The van der Waals surface area contributed by atoms with E-state index in [0.29, 0.717) is 21.7 Å². The van der Waals surface area contributed by atoms with Crippen LogP contribution in [0.4, 0.5) is 17.6 Å². The van der Waals surface area contributed by atoms with Crippen LogP contribution in [0.2, 0.25) is 0 Å².